The standard InChI is InChI=1S/C5H4N3O3/c6-7-5(8(9)10)4-2-1-3-11-4/h1-3,6H. The summed E-state index contributed by atoms with van der Waals surface area (Å²) in [5.74, 6) is 5.86. The zero-order valence-corrected chi connectivity index (χ0v) is 5.35. The Morgan fingerprint density at radius 2 is 2.55 bits per heavy atom. The summed E-state index contributed by atoms with van der Waals surface area (Å²) < 4.78 is 4.66. The Morgan fingerprint density at radius 1 is 1.82 bits per heavy atom. The second kappa shape index (κ2) is 2.82. The predicted molar refractivity (Wildman–Crippen MR) is 35.3 cm³/mol. The summed E-state index contributed by atoms with van der Waals surface area (Å²) in [5.41, 5.74) is 0. The van der Waals surface area contributed by atoms with E-state index >= 15 is 0 Å². The molecular formula is C5H4N3O3. The first-order valence-electron chi connectivity index (χ1n) is 2.68. The van der Waals surface area contributed by atoms with Crippen molar-refractivity contribution in [3.63, 3.8) is 0 Å². The Bertz CT molecular complexity index is 277. The maximum Gasteiger partial charge on any atom is 0.432 e. The maximum absolute atomic E-state index is 10.1. The zero-order chi connectivity index (χ0) is 8.27. The molecule has 0 atom stereocenters. The van der Waals surface area contributed by atoms with E-state index in [0.717, 1.165) is 0 Å². The Kier molecular flexibility index (Phi) is 1.86. The Balaban J connectivity index is 2.99. The van der Waals surface area contributed by atoms with E-state index in [4.69, 9.17) is 5.84 Å². The fourth-order valence-corrected chi connectivity index (χ4v) is 0.592. The highest BCUT2D eigenvalue weighted by atomic mass is 16.6. The zero-order valence-electron chi connectivity index (χ0n) is 5.35. The molecule has 6 heteroatoms. The monoisotopic (exact) mass is 154 g/mol. The predicted octanol–water partition coefficient (Wildman–Crippen LogP) is 0.501. The number of nitrogens with zero attached hydrogens (tertiary/aromatic N) is 2. The van der Waals surface area contributed by atoms with Gasteiger partial charge in [-0.25, -0.2) is 0 Å². The van der Waals surface area contributed by atoms with Gasteiger partial charge in [-0.2, -0.15) is 0 Å². The molecule has 57 valence electrons. The molecule has 0 aromatic carbocycles. The van der Waals surface area contributed by atoms with Crippen LogP contribution in [0.1, 0.15) is 5.76 Å². The van der Waals surface area contributed by atoms with Crippen molar-refractivity contribution in [3.05, 3.63) is 34.3 Å². The highest BCUT2D eigenvalue weighted by Crippen LogP contribution is 2.01. The van der Waals surface area contributed by atoms with Gasteiger partial charge in [0.15, 0.2) is 0 Å². The van der Waals surface area contributed by atoms with Gasteiger partial charge in [-0.05, 0) is 17.1 Å². The number of nitrogens with one attached hydrogen (secondary N) is 1. The van der Waals surface area contributed by atoms with Crippen LogP contribution in [0.25, 0.3) is 0 Å². The van der Waals surface area contributed by atoms with Crippen molar-refractivity contribution >= 4 is 5.84 Å². The molecule has 11 heavy (non-hydrogen) atoms. The third-order valence-electron chi connectivity index (χ3n) is 1.02. The fraction of sp³-hybridized carbons (Fsp3) is 0. The lowest BCUT2D eigenvalue weighted by molar-refractivity contribution is -0.350. The summed E-state index contributed by atoms with van der Waals surface area (Å²) in [6.45, 7) is 0. The van der Waals surface area contributed by atoms with E-state index in [-0.39, 0.29) is 5.76 Å². The average molecular weight is 154 g/mol. The summed E-state index contributed by atoms with van der Waals surface area (Å²) in [6, 6.07) is 2.86. The molecule has 6 nitrogen and oxygen atoms in total. The highest BCUT2D eigenvalue weighted by molar-refractivity contribution is 5.89. The van der Waals surface area contributed by atoms with Gasteiger partial charge >= 0.3 is 5.84 Å². The smallest absolute Gasteiger partial charge is 0.432 e. The minimum Gasteiger partial charge on any atom is -0.456 e. The topological polar surface area (TPSA) is 92.4 Å². The molecule has 1 aromatic rings. The van der Waals surface area contributed by atoms with Gasteiger partial charge in [0.25, 0.3) is 0 Å². The summed E-state index contributed by atoms with van der Waals surface area (Å²) in [4.78, 5) is 9.35. The Hall–Kier alpha value is -1.85. The molecule has 1 rings (SSSR count). The Labute approximate surface area is 61.4 Å². The van der Waals surface area contributed by atoms with Gasteiger partial charge in [0, 0.05) is 0 Å². The van der Waals surface area contributed by atoms with Crippen molar-refractivity contribution in [1.29, 1.82) is 0 Å². The van der Waals surface area contributed by atoms with Crippen molar-refractivity contribution in [3.8, 4) is 0 Å². The molecule has 0 aliphatic carbocycles. The van der Waals surface area contributed by atoms with E-state index in [2.05, 4.69) is 9.52 Å². The number of nitro groups is 1. The maximum atomic E-state index is 10.1. The SMILES string of the molecule is [NH]N=C(c1ccco1)[N+](=O)[O-]. The minimum absolute atomic E-state index is 0.00926. The molecule has 0 unspecified atom stereocenters. The van der Waals surface area contributed by atoms with Crippen LogP contribution in [0.3, 0.4) is 0 Å². The lowest BCUT2D eigenvalue weighted by Gasteiger charge is -1.89. The first-order valence-corrected chi connectivity index (χ1v) is 2.68. The first kappa shape index (κ1) is 7.26. The molecule has 0 fully saturated rings. The molecule has 1 heterocycles. The van der Waals surface area contributed by atoms with Gasteiger partial charge in [-0.15, -0.1) is 0 Å². The van der Waals surface area contributed by atoms with Crippen LogP contribution in [0, 0.1) is 10.1 Å². The minimum atomic E-state index is -0.772. The quantitative estimate of drug-likeness (QED) is 0.255. The van der Waals surface area contributed by atoms with Gasteiger partial charge in [0.05, 0.1) is 11.4 Å². The summed E-state index contributed by atoms with van der Waals surface area (Å²) in [7, 11) is 0. The van der Waals surface area contributed by atoms with Crippen LogP contribution >= 0.6 is 0 Å². The highest BCUT2D eigenvalue weighted by Gasteiger charge is 2.18. The van der Waals surface area contributed by atoms with Crippen LogP contribution in [0.4, 0.5) is 0 Å². The summed E-state index contributed by atoms with van der Waals surface area (Å²) in [5, 5.41) is 12.8. The largest absolute Gasteiger partial charge is 0.456 e. The van der Waals surface area contributed by atoms with E-state index in [1.54, 1.807) is 0 Å². The Morgan fingerprint density at radius 3 is 2.91 bits per heavy atom. The van der Waals surface area contributed by atoms with E-state index in [1.165, 1.54) is 18.4 Å². The number of amidine groups is 1. The van der Waals surface area contributed by atoms with Crippen molar-refractivity contribution in [2.45, 2.75) is 0 Å². The lowest BCUT2D eigenvalue weighted by atomic mass is 10.4. The van der Waals surface area contributed by atoms with Crippen molar-refractivity contribution < 1.29 is 9.34 Å². The fourth-order valence-electron chi connectivity index (χ4n) is 0.592. The van der Waals surface area contributed by atoms with Gasteiger partial charge < -0.3 is 14.5 Å². The summed E-state index contributed by atoms with van der Waals surface area (Å²) >= 11 is 0. The molecule has 0 aliphatic rings. The van der Waals surface area contributed by atoms with Crippen LogP contribution in [0.2, 0.25) is 0 Å². The second-order valence-electron chi connectivity index (χ2n) is 1.67. The molecule has 0 saturated heterocycles. The number of rotatable bonds is 1. The number of hydrogen-bond acceptors (Lipinski definition) is 4. The molecule has 1 aromatic heterocycles. The van der Waals surface area contributed by atoms with E-state index in [0.29, 0.717) is 0 Å². The van der Waals surface area contributed by atoms with Crippen LogP contribution in [0.15, 0.2) is 27.9 Å². The molecular weight excluding hydrogens is 150 g/mol. The van der Waals surface area contributed by atoms with Crippen molar-refractivity contribution in [1.82, 2.24) is 5.84 Å². The normalized spacial score (nSPS) is 11.5. The van der Waals surface area contributed by atoms with E-state index in [1.807, 2.05) is 0 Å². The van der Waals surface area contributed by atoms with Crippen LogP contribution in [0.5, 0.6) is 0 Å². The third-order valence-corrected chi connectivity index (χ3v) is 1.02. The van der Waals surface area contributed by atoms with Gasteiger partial charge in [-0.3, -0.25) is 0 Å². The van der Waals surface area contributed by atoms with Crippen LogP contribution in [-0.2, 0) is 0 Å². The molecule has 0 bridgehead atoms. The molecule has 0 aliphatic heterocycles. The summed E-state index contributed by atoms with van der Waals surface area (Å²) in [6.07, 6.45) is 1.28. The van der Waals surface area contributed by atoms with Gasteiger partial charge in [0.1, 0.15) is 0 Å². The molecule has 0 spiro atoms. The lowest BCUT2D eigenvalue weighted by Crippen LogP contribution is -2.12. The number of hydrogen-bond donors (Lipinski definition) is 0. The van der Waals surface area contributed by atoms with Gasteiger partial charge in [0.2, 0.25) is 5.76 Å². The van der Waals surface area contributed by atoms with E-state index in [9.17, 15) is 10.1 Å². The molecule has 0 saturated carbocycles. The third kappa shape index (κ3) is 1.34. The number of furan rings is 1. The molecule has 0 amide bonds. The average Bonchev–Trinajstić information content (AvgIpc) is 2.40. The van der Waals surface area contributed by atoms with E-state index < -0.39 is 10.8 Å². The van der Waals surface area contributed by atoms with Gasteiger partial charge in [-0.1, -0.05) is 5.84 Å². The molecule has 1 N–H and O–H groups in total. The van der Waals surface area contributed by atoms with Crippen LogP contribution in [-0.4, -0.2) is 10.8 Å². The molecule has 1 radical (unpaired) electrons. The second-order valence-corrected chi connectivity index (χ2v) is 1.67. The van der Waals surface area contributed by atoms with Crippen LogP contribution < -0.4 is 5.84 Å². The van der Waals surface area contributed by atoms with Crippen molar-refractivity contribution in [2.24, 2.45) is 5.10 Å². The first-order chi connectivity index (χ1) is 5.25. The van der Waals surface area contributed by atoms with Crippen molar-refractivity contribution in [2.75, 3.05) is 0 Å².